The largest absolute Gasteiger partial charge is 0.292 e. The zero-order valence-electron chi connectivity index (χ0n) is 14.3. The summed E-state index contributed by atoms with van der Waals surface area (Å²) in [4.78, 5) is 4.02. The smallest absolute Gasteiger partial charge is 0.0615 e. The van der Waals surface area contributed by atoms with E-state index in [1.54, 1.807) is 0 Å². The summed E-state index contributed by atoms with van der Waals surface area (Å²) < 4.78 is 0. The highest BCUT2D eigenvalue weighted by atomic mass is 32.2. The second-order valence-electron chi connectivity index (χ2n) is 6.63. The highest BCUT2D eigenvalue weighted by Crippen LogP contribution is 2.43. The highest BCUT2D eigenvalue weighted by molar-refractivity contribution is 8.02. The molecule has 0 saturated carbocycles. The molecule has 0 radical (unpaired) electrons. The van der Waals surface area contributed by atoms with Gasteiger partial charge < -0.3 is 0 Å². The third-order valence-corrected chi connectivity index (χ3v) is 6.20. The lowest BCUT2D eigenvalue weighted by molar-refractivity contribution is 0.157. The normalized spacial score (nSPS) is 23.8. The molecule has 1 aromatic carbocycles. The Morgan fingerprint density at radius 3 is 2.65 bits per heavy atom. The van der Waals surface area contributed by atoms with E-state index in [2.05, 4.69) is 61.7 Å². The molecule has 2 heteroatoms. The zero-order valence-corrected chi connectivity index (χ0v) is 15.1. The minimum absolute atomic E-state index is 0.373. The zero-order chi connectivity index (χ0) is 16.2. The Morgan fingerprint density at radius 2 is 1.96 bits per heavy atom. The number of nitrogens with zero attached hydrogens (tertiary/aromatic N) is 1. The molecule has 1 unspecified atom stereocenters. The lowest BCUT2D eigenvalue weighted by Crippen LogP contribution is -2.37. The monoisotopic (exact) mass is 325 g/mol. The summed E-state index contributed by atoms with van der Waals surface area (Å²) in [5.41, 5.74) is 4.38. The fourth-order valence-electron chi connectivity index (χ4n) is 3.68. The third kappa shape index (κ3) is 3.49. The van der Waals surface area contributed by atoms with Crippen LogP contribution in [0.1, 0.15) is 43.9 Å². The molecule has 0 aliphatic carbocycles. The van der Waals surface area contributed by atoms with E-state index in [1.807, 2.05) is 17.8 Å². The van der Waals surface area contributed by atoms with Gasteiger partial charge in [0.2, 0.25) is 0 Å². The minimum Gasteiger partial charge on any atom is -0.292 e. The number of hydrogen-bond acceptors (Lipinski definition) is 2. The Kier molecular flexibility index (Phi) is 5.45. The van der Waals surface area contributed by atoms with E-state index in [9.17, 15) is 0 Å². The quantitative estimate of drug-likeness (QED) is 0.699. The molecule has 0 bridgehead atoms. The van der Waals surface area contributed by atoms with E-state index in [4.69, 9.17) is 0 Å². The highest BCUT2D eigenvalue weighted by Gasteiger charge is 2.31. The molecule has 2 heterocycles. The van der Waals surface area contributed by atoms with Crippen molar-refractivity contribution in [3.8, 4) is 0 Å². The van der Waals surface area contributed by atoms with Gasteiger partial charge in [-0.25, -0.2) is 0 Å². The van der Waals surface area contributed by atoms with Gasteiger partial charge in [0.05, 0.1) is 6.04 Å². The van der Waals surface area contributed by atoms with E-state index in [-0.39, 0.29) is 0 Å². The fraction of sp³-hybridized carbons (Fsp3) is 0.429. The predicted octanol–water partition coefficient (Wildman–Crippen LogP) is 5.72. The lowest BCUT2D eigenvalue weighted by atomic mass is 9.89. The summed E-state index contributed by atoms with van der Waals surface area (Å²) in [6, 6.07) is 9.35. The minimum atomic E-state index is 0.373. The summed E-state index contributed by atoms with van der Waals surface area (Å²) in [7, 11) is 0. The summed E-state index contributed by atoms with van der Waals surface area (Å²) in [5.74, 6) is 1.90. The second kappa shape index (κ2) is 7.55. The van der Waals surface area contributed by atoms with Crippen LogP contribution in [0, 0.1) is 5.92 Å². The van der Waals surface area contributed by atoms with Crippen molar-refractivity contribution in [2.45, 2.75) is 38.5 Å². The van der Waals surface area contributed by atoms with Crippen molar-refractivity contribution in [2.24, 2.45) is 5.92 Å². The number of hydrogen-bond donors (Lipinski definition) is 0. The molecule has 0 spiro atoms. The predicted molar refractivity (Wildman–Crippen MR) is 102 cm³/mol. The van der Waals surface area contributed by atoms with Crippen LogP contribution < -0.4 is 0 Å². The maximum Gasteiger partial charge on any atom is 0.0615 e. The van der Waals surface area contributed by atoms with Gasteiger partial charge in [0, 0.05) is 10.7 Å². The molecule has 0 aromatic heterocycles. The van der Waals surface area contributed by atoms with Crippen LogP contribution in [0.15, 0.2) is 59.6 Å². The summed E-state index contributed by atoms with van der Waals surface area (Å²) in [6.45, 7) is 11.0. The molecule has 122 valence electrons. The molecule has 3 rings (SSSR count). The molecule has 1 fully saturated rings. The van der Waals surface area contributed by atoms with Crippen molar-refractivity contribution in [1.82, 2.24) is 4.90 Å². The number of piperidine rings is 1. The first-order valence-corrected chi connectivity index (χ1v) is 9.67. The van der Waals surface area contributed by atoms with Gasteiger partial charge >= 0.3 is 0 Å². The number of allylic oxidation sites excluding steroid dienone is 2. The first-order chi connectivity index (χ1) is 11.2. The van der Waals surface area contributed by atoms with Crippen LogP contribution in [0.2, 0.25) is 0 Å². The van der Waals surface area contributed by atoms with Crippen LogP contribution in [-0.2, 0) is 5.75 Å². The van der Waals surface area contributed by atoms with Gasteiger partial charge in [-0.3, -0.25) is 4.90 Å². The SMILES string of the molecule is C=CC1=C(/C=C\C)C(N2CCC(C)CC2)c2ccccc2CS1. The van der Waals surface area contributed by atoms with Gasteiger partial charge in [-0.05, 0) is 55.5 Å². The molecule has 2 aliphatic rings. The summed E-state index contributed by atoms with van der Waals surface area (Å²) >= 11 is 1.93. The van der Waals surface area contributed by atoms with Crippen LogP contribution in [0.3, 0.4) is 0 Å². The van der Waals surface area contributed by atoms with E-state index >= 15 is 0 Å². The topological polar surface area (TPSA) is 3.24 Å². The number of benzene rings is 1. The van der Waals surface area contributed by atoms with Gasteiger partial charge in [0.1, 0.15) is 0 Å². The molecule has 1 saturated heterocycles. The van der Waals surface area contributed by atoms with Crippen LogP contribution >= 0.6 is 11.8 Å². The van der Waals surface area contributed by atoms with Gasteiger partial charge in [0.15, 0.2) is 0 Å². The molecule has 0 amide bonds. The van der Waals surface area contributed by atoms with Crippen LogP contribution in [0.4, 0.5) is 0 Å². The Bertz CT molecular complexity index is 620. The van der Waals surface area contributed by atoms with Gasteiger partial charge in [0.25, 0.3) is 0 Å². The molecular weight excluding hydrogens is 298 g/mol. The van der Waals surface area contributed by atoms with Crippen molar-refractivity contribution in [2.75, 3.05) is 13.1 Å². The molecule has 2 aliphatic heterocycles. The number of thioether (sulfide) groups is 1. The molecule has 23 heavy (non-hydrogen) atoms. The maximum atomic E-state index is 4.08. The van der Waals surface area contributed by atoms with E-state index < -0.39 is 0 Å². The molecular formula is C21H27NS. The average molecular weight is 326 g/mol. The summed E-state index contributed by atoms with van der Waals surface area (Å²) in [5, 5.41) is 0. The number of rotatable bonds is 3. The number of likely N-dealkylation sites (tertiary alicyclic amines) is 1. The Morgan fingerprint density at radius 1 is 1.22 bits per heavy atom. The van der Waals surface area contributed by atoms with E-state index in [0.29, 0.717) is 6.04 Å². The van der Waals surface area contributed by atoms with Crippen LogP contribution in [0.5, 0.6) is 0 Å². The van der Waals surface area contributed by atoms with Crippen molar-refractivity contribution in [3.05, 3.63) is 70.7 Å². The maximum absolute atomic E-state index is 4.08. The summed E-state index contributed by atoms with van der Waals surface area (Å²) in [6.07, 6.45) is 9.13. The Balaban J connectivity index is 2.08. The van der Waals surface area contributed by atoms with E-state index in [1.165, 1.54) is 47.5 Å². The average Bonchev–Trinajstić information content (AvgIpc) is 2.73. The van der Waals surface area contributed by atoms with Crippen molar-refractivity contribution in [1.29, 1.82) is 0 Å². The Hall–Kier alpha value is -1.25. The van der Waals surface area contributed by atoms with Crippen molar-refractivity contribution >= 4 is 11.8 Å². The van der Waals surface area contributed by atoms with Gasteiger partial charge in [-0.2, -0.15) is 0 Å². The fourth-order valence-corrected chi connectivity index (χ4v) is 4.72. The first kappa shape index (κ1) is 16.6. The molecule has 1 nitrogen and oxygen atoms in total. The van der Waals surface area contributed by atoms with Crippen LogP contribution in [-0.4, -0.2) is 18.0 Å². The van der Waals surface area contributed by atoms with E-state index in [0.717, 1.165) is 11.7 Å². The third-order valence-electron chi connectivity index (χ3n) is 5.03. The van der Waals surface area contributed by atoms with Gasteiger partial charge in [-0.15, -0.1) is 11.8 Å². The first-order valence-electron chi connectivity index (χ1n) is 8.68. The van der Waals surface area contributed by atoms with Gasteiger partial charge in [-0.1, -0.05) is 56.0 Å². The molecule has 1 aromatic rings. The second-order valence-corrected chi connectivity index (χ2v) is 7.65. The lowest BCUT2D eigenvalue weighted by Gasteiger charge is -2.38. The van der Waals surface area contributed by atoms with Crippen molar-refractivity contribution in [3.63, 3.8) is 0 Å². The van der Waals surface area contributed by atoms with Crippen LogP contribution in [0.25, 0.3) is 0 Å². The standard InChI is InChI=1S/C21H27NS/c1-4-8-19-20(5-2)23-15-17-9-6-7-10-18(17)21(19)22-13-11-16(3)12-14-22/h4-10,16,21H,2,11-15H2,1,3H3/b8-4-. The molecule has 0 N–H and O–H groups in total. The number of fused-ring (bicyclic) bond motifs is 1. The van der Waals surface area contributed by atoms with Crippen molar-refractivity contribution < 1.29 is 0 Å². The Labute approximate surface area is 145 Å². The molecule has 1 atom stereocenters.